The smallest absolute Gasteiger partial charge is 0.0139 e. The molecule has 2 saturated carbocycles. The minimum atomic E-state index is 1.03. The summed E-state index contributed by atoms with van der Waals surface area (Å²) in [4.78, 5) is 0. The Balaban J connectivity index is 1.94. The first kappa shape index (κ1) is 4.54. The van der Waals surface area contributed by atoms with Crippen molar-refractivity contribution >= 4 is 0 Å². The molecule has 0 heterocycles. The van der Waals surface area contributed by atoms with E-state index in [0.29, 0.717) is 0 Å². The number of hydrogen-bond donors (Lipinski definition) is 0. The third kappa shape index (κ3) is 0.385. The largest absolute Gasteiger partial charge is 0.0845 e. The van der Waals surface area contributed by atoms with Crippen LogP contribution in [0.15, 0.2) is 12.2 Å². The van der Waals surface area contributed by atoms with Crippen molar-refractivity contribution in [2.45, 2.75) is 19.3 Å². The van der Waals surface area contributed by atoms with E-state index in [-0.39, 0.29) is 0 Å². The van der Waals surface area contributed by atoms with E-state index in [1.54, 1.807) is 6.42 Å². The van der Waals surface area contributed by atoms with Crippen LogP contribution in [-0.4, -0.2) is 0 Å². The normalized spacial score (nSPS) is 59.6. The molecule has 0 spiro atoms. The fraction of sp³-hybridized carbons (Fsp3) is 0.778. The molecule has 4 unspecified atom stereocenters. The summed E-state index contributed by atoms with van der Waals surface area (Å²) < 4.78 is 0. The van der Waals surface area contributed by atoms with Gasteiger partial charge < -0.3 is 0 Å². The summed E-state index contributed by atoms with van der Waals surface area (Å²) in [6, 6.07) is 0. The van der Waals surface area contributed by atoms with Crippen LogP contribution in [0, 0.1) is 23.7 Å². The molecule has 3 aliphatic rings. The highest BCUT2D eigenvalue weighted by molar-refractivity contribution is 5.18. The van der Waals surface area contributed by atoms with Crippen LogP contribution in [0.2, 0.25) is 0 Å². The van der Waals surface area contributed by atoms with Crippen LogP contribution in [0.3, 0.4) is 0 Å². The van der Waals surface area contributed by atoms with Gasteiger partial charge in [0.15, 0.2) is 0 Å². The Bertz CT molecular complexity index is 169. The Morgan fingerprint density at radius 2 is 2.11 bits per heavy atom. The molecule has 2 fully saturated rings. The molecule has 0 aromatic rings. The maximum Gasteiger partial charge on any atom is -0.0139 e. The minimum Gasteiger partial charge on any atom is -0.0845 e. The lowest BCUT2D eigenvalue weighted by molar-refractivity contribution is 0.187. The van der Waals surface area contributed by atoms with Gasteiger partial charge in [0, 0.05) is 0 Å². The summed E-state index contributed by atoms with van der Waals surface area (Å²) in [6.45, 7) is 0. The zero-order valence-corrected chi connectivity index (χ0v) is 5.59. The summed E-state index contributed by atoms with van der Waals surface area (Å²) in [5, 5.41) is 0. The first-order chi connectivity index (χ1) is 4.45. The molecule has 0 N–H and O–H groups in total. The lowest BCUT2D eigenvalue weighted by Crippen LogP contribution is -2.26. The molecule has 4 atom stereocenters. The molecule has 0 heteroatoms. The molecule has 3 rings (SSSR count). The van der Waals surface area contributed by atoms with Crippen LogP contribution in [0.25, 0.3) is 0 Å². The quantitative estimate of drug-likeness (QED) is 0.430. The van der Waals surface area contributed by atoms with Crippen molar-refractivity contribution in [1.29, 1.82) is 0 Å². The highest BCUT2D eigenvalue weighted by Gasteiger charge is 2.48. The van der Waals surface area contributed by atoms with Crippen molar-refractivity contribution in [3.8, 4) is 0 Å². The minimum absolute atomic E-state index is 1.03. The van der Waals surface area contributed by atoms with Gasteiger partial charge in [-0.25, -0.2) is 0 Å². The Hall–Kier alpha value is -0.260. The van der Waals surface area contributed by atoms with Gasteiger partial charge in [-0.15, -0.1) is 0 Å². The molecule has 0 radical (unpaired) electrons. The molecule has 0 saturated heterocycles. The molecule has 0 aromatic carbocycles. The van der Waals surface area contributed by atoms with Crippen molar-refractivity contribution in [2.24, 2.45) is 23.7 Å². The van der Waals surface area contributed by atoms with Crippen molar-refractivity contribution < 1.29 is 0 Å². The molecular formula is C9H12. The molecule has 0 aromatic heterocycles. The van der Waals surface area contributed by atoms with Crippen LogP contribution < -0.4 is 0 Å². The molecule has 0 aliphatic heterocycles. The van der Waals surface area contributed by atoms with E-state index in [1.807, 2.05) is 0 Å². The first-order valence-electron chi connectivity index (χ1n) is 4.13. The Morgan fingerprint density at radius 3 is 2.44 bits per heavy atom. The third-order valence-electron chi connectivity index (χ3n) is 3.62. The van der Waals surface area contributed by atoms with Crippen LogP contribution in [0.4, 0.5) is 0 Å². The zero-order chi connectivity index (χ0) is 5.84. The Labute approximate surface area is 56.0 Å². The summed E-state index contributed by atoms with van der Waals surface area (Å²) >= 11 is 0. The third-order valence-corrected chi connectivity index (χ3v) is 3.62. The maximum atomic E-state index is 2.44. The second kappa shape index (κ2) is 1.25. The predicted molar refractivity (Wildman–Crippen MR) is 37.0 cm³/mol. The van der Waals surface area contributed by atoms with E-state index >= 15 is 0 Å². The topological polar surface area (TPSA) is 0 Å². The number of rotatable bonds is 0. The van der Waals surface area contributed by atoms with E-state index in [1.165, 1.54) is 12.8 Å². The van der Waals surface area contributed by atoms with Gasteiger partial charge in [0.1, 0.15) is 0 Å². The first-order valence-corrected chi connectivity index (χ1v) is 4.13. The maximum absolute atomic E-state index is 2.44. The fourth-order valence-electron chi connectivity index (χ4n) is 2.84. The lowest BCUT2D eigenvalue weighted by atomic mass is 9.70. The van der Waals surface area contributed by atoms with Crippen LogP contribution in [-0.2, 0) is 0 Å². The van der Waals surface area contributed by atoms with E-state index in [4.69, 9.17) is 0 Å². The molecule has 0 bridgehead atoms. The lowest BCUT2D eigenvalue weighted by Gasteiger charge is -2.34. The van der Waals surface area contributed by atoms with Gasteiger partial charge in [0.2, 0.25) is 0 Å². The standard InChI is InChI=1S/C9H12/c1-3-8-6(1)5-7-2-4-9(7)8/h1,3,6-9H,2,4-5H2. The zero-order valence-electron chi connectivity index (χ0n) is 5.59. The SMILES string of the molecule is C1=CC2C1CC1CCC12. The average molecular weight is 120 g/mol. The van der Waals surface area contributed by atoms with Gasteiger partial charge in [0.05, 0.1) is 0 Å². The van der Waals surface area contributed by atoms with Crippen LogP contribution in [0.5, 0.6) is 0 Å². The van der Waals surface area contributed by atoms with Crippen LogP contribution >= 0.6 is 0 Å². The summed E-state index contributed by atoms with van der Waals surface area (Å²) in [5.41, 5.74) is 0. The van der Waals surface area contributed by atoms with E-state index < -0.39 is 0 Å². The summed E-state index contributed by atoms with van der Waals surface area (Å²) in [5.74, 6) is 4.36. The molecule has 48 valence electrons. The highest BCUT2D eigenvalue weighted by Crippen LogP contribution is 2.57. The van der Waals surface area contributed by atoms with E-state index in [0.717, 1.165) is 23.7 Å². The van der Waals surface area contributed by atoms with Gasteiger partial charge in [-0.3, -0.25) is 0 Å². The fourth-order valence-corrected chi connectivity index (χ4v) is 2.84. The number of fused-ring (bicyclic) bond motifs is 3. The monoisotopic (exact) mass is 120 g/mol. The van der Waals surface area contributed by atoms with Gasteiger partial charge in [-0.05, 0) is 42.9 Å². The number of hydrogen-bond acceptors (Lipinski definition) is 0. The van der Waals surface area contributed by atoms with Crippen molar-refractivity contribution in [3.05, 3.63) is 12.2 Å². The van der Waals surface area contributed by atoms with E-state index in [2.05, 4.69) is 12.2 Å². The number of allylic oxidation sites excluding steroid dienone is 2. The second-order valence-corrected chi connectivity index (χ2v) is 3.86. The molecule has 9 heavy (non-hydrogen) atoms. The molecular weight excluding hydrogens is 108 g/mol. The van der Waals surface area contributed by atoms with Crippen LogP contribution in [0.1, 0.15) is 19.3 Å². The van der Waals surface area contributed by atoms with Crippen molar-refractivity contribution in [3.63, 3.8) is 0 Å². The second-order valence-electron chi connectivity index (χ2n) is 3.86. The van der Waals surface area contributed by atoms with Crippen molar-refractivity contribution in [2.75, 3.05) is 0 Å². The summed E-state index contributed by atoms with van der Waals surface area (Å²) in [6.07, 6.45) is 9.47. The molecule has 0 amide bonds. The van der Waals surface area contributed by atoms with Gasteiger partial charge in [0.25, 0.3) is 0 Å². The Morgan fingerprint density at radius 1 is 1.11 bits per heavy atom. The highest BCUT2D eigenvalue weighted by atomic mass is 14.5. The molecule has 3 aliphatic carbocycles. The predicted octanol–water partition coefficient (Wildman–Crippen LogP) is 2.22. The van der Waals surface area contributed by atoms with Gasteiger partial charge in [-0.1, -0.05) is 12.2 Å². The van der Waals surface area contributed by atoms with Gasteiger partial charge >= 0.3 is 0 Å². The molecule has 0 nitrogen and oxygen atoms in total. The Kier molecular flexibility index (Phi) is 0.633. The van der Waals surface area contributed by atoms with E-state index in [9.17, 15) is 0 Å². The van der Waals surface area contributed by atoms with Crippen molar-refractivity contribution in [1.82, 2.24) is 0 Å². The summed E-state index contributed by atoms with van der Waals surface area (Å²) in [7, 11) is 0. The van der Waals surface area contributed by atoms with Gasteiger partial charge in [-0.2, -0.15) is 0 Å². The average Bonchev–Trinajstić information content (AvgIpc) is 1.88.